The highest BCUT2D eigenvalue weighted by atomic mass is 16.4. The van der Waals surface area contributed by atoms with Crippen LogP contribution in [0.25, 0.3) is 0 Å². The lowest BCUT2D eigenvalue weighted by molar-refractivity contribution is -0.132. The fourth-order valence-electron chi connectivity index (χ4n) is 1.01. The maximum atomic E-state index is 9.88. The van der Waals surface area contributed by atoms with Gasteiger partial charge in [0.15, 0.2) is 0 Å². The number of hydrogen-bond donors (Lipinski definition) is 2. The second-order valence-electron chi connectivity index (χ2n) is 3.77. The minimum Gasteiger partial charge on any atom is -0.478 e. The molecule has 0 spiro atoms. The van der Waals surface area contributed by atoms with Gasteiger partial charge >= 0.3 is 11.9 Å². The maximum absolute atomic E-state index is 9.88. The Labute approximate surface area is 109 Å². The molecule has 0 amide bonds. The molecule has 0 atom stereocenters. The Hall–Kier alpha value is -1.58. The van der Waals surface area contributed by atoms with Crippen molar-refractivity contribution < 1.29 is 19.8 Å². The first-order valence-corrected chi connectivity index (χ1v) is 6.33. The SMILES string of the molecule is CCCCC=CC(=O)O.CCCCC=CC(=O)O. The van der Waals surface area contributed by atoms with Gasteiger partial charge in [0, 0.05) is 12.2 Å². The molecule has 0 rings (SSSR count). The Morgan fingerprint density at radius 1 is 0.833 bits per heavy atom. The maximum Gasteiger partial charge on any atom is 0.327 e. The molecular formula is C14H24O4. The second-order valence-corrected chi connectivity index (χ2v) is 3.77. The lowest BCUT2D eigenvalue weighted by atomic mass is 10.2. The lowest BCUT2D eigenvalue weighted by Gasteiger charge is -1.85. The quantitative estimate of drug-likeness (QED) is 0.513. The van der Waals surface area contributed by atoms with E-state index in [0.29, 0.717) is 0 Å². The molecule has 0 aromatic heterocycles. The zero-order valence-electron chi connectivity index (χ0n) is 11.3. The summed E-state index contributed by atoms with van der Waals surface area (Å²) < 4.78 is 0. The summed E-state index contributed by atoms with van der Waals surface area (Å²) in [5.41, 5.74) is 0. The molecule has 2 N–H and O–H groups in total. The van der Waals surface area contributed by atoms with Crippen molar-refractivity contribution in [1.29, 1.82) is 0 Å². The molecule has 0 fully saturated rings. The van der Waals surface area contributed by atoms with E-state index in [-0.39, 0.29) is 0 Å². The van der Waals surface area contributed by atoms with Crippen LogP contribution in [0.1, 0.15) is 52.4 Å². The third-order valence-electron chi connectivity index (χ3n) is 1.97. The van der Waals surface area contributed by atoms with Crippen molar-refractivity contribution in [2.75, 3.05) is 0 Å². The molecule has 4 nitrogen and oxygen atoms in total. The van der Waals surface area contributed by atoms with Crippen molar-refractivity contribution in [2.24, 2.45) is 0 Å². The molecule has 0 aliphatic rings. The summed E-state index contributed by atoms with van der Waals surface area (Å²) in [5.74, 6) is -1.71. The summed E-state index contributed by atoms with van der Waals surface area (Å²) >= 11 is 0. The fraction of sp³-hybridized carbons (Fsp3) is 0.571. The van der Waals surface area contributed by atoms with E-state index in [1.807, 2.05) is 0 Å². The molecule has 0 bridgehead atoms. The predicted molar refractivity (Wildman–Crippen MR) is 72.6 cm³/mol. The number of rotatable bonds is 8. The first-order valence-electron chi connectivity index (χ1n) is 6.33. The Balaban J connectivity index is 0. The Kier molecular flexibility index (Phi) is 16.1. The van der Waals surface area contributed by atoms with Gasteiger partial charge in [-0.05, 0) is 12.8 Å². The van der Waals surface area contributed by atoms with Crippen molar-refractivity contribution >= 4 is 11.9 Å². The molecule has 0 saturated heterocycles. The topological polar surface area (TPSA) is 74.6 Å². The average Bonchev–Trinajstić information content (AvgIpc) is 2.31. The van der Waals surface area contributed by atoms with Crippen molar-refractivity contribution in [3.8, 4) is 0 Å². The number of aliphatic carboxylic acids is 2. The first-order chi connectivity index (χ1) is 8.54. The predicted octanol–water partition coefficient (Wildman–Crippen LogP) is 3.63. The molecule has 4 heteroatoms. The monoisotopic (exact) mass is 256 g/mol. The summed E-state index contributed by atoms with van der Waals surface area (Å²) in [5, 5.41) is 16.3. The molecule has 0 unspecified atom stereocenters. The summed E-state index contributed by atoms with van der Waals surface area (Å²) in [6.07, 6.45) is 11.9. The first kappa shape index (κ1) is 18.8. The van der Waals surface area contributed by atoms with Crippen LogP contribution in [0.2, 0.25) is 0 Å². The van der Waals surface area contributed by atoms with Crippen molar-refractivity contribution in [3.63, 3.8) is 0 Å². The van der Waals surface area contributed by atoms with Crippen LogP contribution in [-0.2, 0) is 9.59 Å². The van der Waals surface area contributed by atoms with Crippen molar-refractivity contribution in [2.45, 2.75) is 52.4 Å². The van der Waals surface area contributed by atoms with Crippen LogP contribution < -0.4 is 0 Å². The highest BCUT2D eigenvalue weighted by molar-refractivity contribution is 5.79. The van der Waals surface area contributed by atoms with Gasteiger partial charge in [-0.2, -0.15) is 0 Å². The zero-order chi connectivity index (χ0) is 14.2. The van der Waals surface area contributed by atoms with Crippen LogP contribution in [0, 0.1) is 0 Å². The Bertz CT molecular complexity index is 239. The van der Waals surface area contributed by atoms with E-state index in [9.17, 15) is 9.59 Å². The number of carboxylic acids is 2. The largest absolute Gasteiger partial charge is 0.478 e. The minimum atomic E-state index is -0.855. The minimum absolute atomic E-state index is 0.855. The van der Waals surface area contributed by atoms with E-state index in [1.165, 1.54) is 12.2 Å². The normalized spacial score (nSPS) is 10.3. The molecule has 0 radical (unpaired) electrons. The zero-order valence-corrected chi connectivity index (χ0v) is 11.3. The number of allylic oxidation sites excluding steroid dienone is 2. The molecule has 0 aliphatic carbocycles. The van der Waals surface area contributed by atoms with E-state index in [0.717, 1.165) is 38.5 Å². The molecule has 0 saturated carbocycles. The van der Waals surface area contributed by atoms with E-state index in [2.05, 4.69) is 13.8 Å². The molecule has 0 heterocycles. The molecular weight excluding hydrogens is 232 g/mol. The molecule has 0 aliphatic heterocycles. The number of hydrogen-bond acceptors (Lipinski definition) is 2. The van der Waals surface area contributed by atoms with E-state index >= 15 is 0 Å². The van der Waals surface area contributed by atoms with Crippen molar-refractivity contribution in [3.05, 3.63) is 24.3 Å². The molecule has 18 heavy (non-hydrogen) atoms. The van der Waals surface area contributed by atoms with E-state index < -0.39 is 11.9 Å². The van der Waals surface area contributed by atoms with Crippen LogP contribution >= 0.6 is 0 Å². The number of carbonyl (C=O) groups is 2. The van der Waals surface area contributed by atoms with Gasteiger partial charge in [0.2, 0.25) is 0 Å². The Morgan fingerprint density at radius 2 is 1.17 bits per heavy atom. The lowest BCUT2D eigenvalue weighted by Crippen LogP contribution is -1.85. The van der Waals surface area contributed by atoms with E-state index in [1.54, 1.807) is 12.2 Å². The van der Waals surface area contributed by atoms with Crippen LogP contribution in [0.5, 0.6) is 0 Å². The summed E-state index contributed by atoms with van der Waals surface area (Å²) in [4.78, 5) is 19.8. The van der Waals surface area contributed by atoms with Crippen LogP contribution in [-0.4, -0.2) is 22.2 Å². The van der Waals surface area contributed by atoms with Gasteiger partial charge in [0.1, 0.15) is 0 Å². The van der Waals surface area contributed by atoms with Crippen LogP contribution in [0.3, 0.4) is 0 Å². The Morgan fingerprint density at radius 3 is 1.39 bits per heavy atom. The summed E-state index contributed by atoms with van der Waals surface area (Å²) in [6.45, 7) is 4.16. The van der Waals surface area contributed by atoms with Crippen molar-refractivity contribution in [1.82, 2.24) is 0 Å². The smallest absolute Gasteiger partial charge is 0.327 e. The summed E-state index contributed by atoms with van der Waals surface area (Å²) in [7, 11) is 0. The standard InChI is InChI=1S/2C7H12O2/c2*1-2-3-4-5-6-7(8)9/h2*5-6H,2-4H2,1H3,(H,8,9). The van der Waals surface area contributed by atoms with Gasteiger partial charge in [0.25, 0.3) is 0 Å². The van der Waals surface area contributed by atoms with Gasteiger partial charge in [-0.3, -0.25) is 0 Å². The summed E-state index contributed by atoms with van der Waals surface area (Å²) in [6, 6.07) is 0. The van der Waals surface area contributed by atoms with Crippen LogP contribution in [0.4, 0.5) is 0 Å². The van der Waals surface area contributed by atoms with Gasteiger partial charge in [0.05, 0.1) is 0 Å². The van der Waals surface area contributed by atoms with E-state index in [4.69, 9.17) is 10.2 Å². The van der Waals surface area contributed by atoms with Gasteiger partial charge < -0.3 is 10.2 Å². The van der Waals surface area contributed by atoms with Gasteiger partial charge in [-0.1, -0.05) is 51.7 Å². The number of carboxylic acid groups (broad SMARTS) is 2. The second kappa shape index (κ2) is 15.4. The third-order valence-corrected chi connectivity index (χ3v) is 1.97. The fourth-order valence-corrected chi connectivity index (χ4v) is 1.01. The highest BCUT2D eigenvalue weighted by Gasteiger charge is 1.83. The molecule has 0 aromatic carbocycles. The van der Waals surface area contributed by atoms with Gasteiger partial charge in [-0.15, -0.1) is 0 Å². The highest BCUT2D eigenvalue weighted by Crippen LogP contribution is 1.94. The van der Waals surface area contributed by atoms with Gasteiger partial charge in [-0.25, -0.2) is 9.59 Å². The molecule has 104 valence electrons. The third kappa shape index (κ3) is 23.9. The van der Waals surface area contributed by atoms with Crippen LogP contribution in [0.15, 0.2) is 24.3 Å². The number of unbranched alkanes of at least 4 members (excludes halogenated alkanes) is 4. The molecule has 0 aromatic rings. The average molecular weight is 256 g/mol.